The first-order chi connectivity index (χ1) is 11.1. The summed E-state index contributed by atoms with van der Waals surface area (Å²) >= 11 is 0. The predicted molar refractivity (Wildman–Crippen MR) is 84.0 cm³/mol. The highest BCUT2D eigenvalue weighted by molar-refractivity contribution is 6.22. The molecule has 23 heavy (non-hydrogen) atoms. The molecule has 2 fully saturated rings. The molecule has 0 aliphatic carbocycles. The van der Waals surface area contributed by atoms with Crippen LogP contribution in [0.1, 0.15) is 13.3 Å². The molecule has 3 amide bonds. The summed E-state index contributed by atoms with van der Waals surface area (Å²) in [6.07, 6.45) is 0.201. The predicted octanol–water partition coefficient (Wildman–Crippen LogP) is 0.609. The van der Waals surface area contributed by atoms with Gasteiger partial charge in [-0.3, -0.25) is 19.3 Å². The van der Waals surface area contributed by atoms with Crippen molar-refractivity contribution in [3.63, 3.8) is 0 Å². The van der Waals surface area contributed by atoms with Crippen LogP contribution in [0.5, 0.6) is 0 Å². The standard InChI is InChI=1S/C16H19N3O4/c1-11(20)17-12-2-4-13(5-3-12)19-15(21)10-14(16(19)22)18-6-8-23-9-7-18/h2-5,14H,6-10H2,1H3,(H,17,20). The largest absolute Gasteiger partial charge is 0.379 e. The van der Waals surface area contributed by atoms with Gasteiger partial charge in [-0.2, -0.15) is 0 Å². The molecule has 0 spiro atoms. The van der Waals surface area contributed by atoms with Gasteiger partial charge in [0.2, 0.25) is 11.8 Å². The SMILES string of the molecule is CC(=O)Nc1ccc(N2C(=O)CC(N3CCOCC3)C2=O)cc1. The Kier molecular flexibility index (Phi) is 4.40. The first-order valence-electron chi connectivity index (χ1n) is 7.62. The third kappa shape index (κ3) is 3.25. The number of amides is 3. The van der Waals surface area contributed by atoms with Crippen LogP contribution >= 0.6 is 0 Å². The number of nitrogens with one attached hydrogen (secondary N) is 1. The Morgan fingerprint density at radius 3 is 2.43 bits per heavy atom. The number of anilines is 2. The van der Waals surface area contributed by atoms with Gasteiger partial charge in [0.05, 0.1) is 31.4 Å². The topological polar surface area (TPSA) is 79.0 Å². The fraction of sp³-hybridized carbons (Fsp3) is 0.438. The molecular weight excluding hydrogens is 298 g/mol. The maximum Gasteiger partial charge on any atom is 0.251 e. The summed E-state index contributed by atoms with van der Waals surface area (Å²) < 4.78 is 5.29. The van der Waals surface area contributed by atoms with Gasteiger partial charge in [-0.15, -0.1) is 0 Å². The van der Waals surface area contributed by atoms with Crippen LogP contribution < -0.4 is 10.2 Å². The van der Waals surface area contributed by atoms with Gasteiger partial charge in [0.15, 0.2) is 0 Å². The highest BCUT2D eigenvalue weighted by Gasteiger charge is 2.42. The van der Waals surface area contributed by atoms with Crippen molar-refractivity contribution >= 4 is 29.1 Å². The lowest BCUT2D eigenvalue weighted by atomic mass is 10.2. The number of benzene rings is 1. The van der Waals surface area contributed by atoms with E-state index in [-0.39, 0.29) is 24.1 Å². The molecule has 2 heterocycles. The monoisotopic (exact) mass is 317 g/mol. The number of carbonyl (C=O) groups is 3. The van der Waals surface area contributed by atoms with Crippen molar-refractivity contribution in [2.24, 2.45) is 0 Å². The van der Waals surface area contributed by atoms with E-state index in [0.717, 1.165) is 0 Å². The van der Waals surface area contributed by atoms with Crippen LogP contribution in [0.15, 0.2) is 24.3 Å². The molecule has 0 radical (unpaired) electrons. The molecular formula is C16H19N3O4. The van der Waals surface area contributed by atoms with Crippen molar-refractivity contribution in [3.05, 3.63) is 24.3 Å². The Balaban J connectivity index is 1.75. The molecule has 1 aromatic rings. The summed E-state index contributed by atoms with van der Waals surface area (Å²) in [5.41, 5.74) is 1.16. The lowest BCUT2D eigenvalue weighted by Crippen LogP contribution is -2.47. The Morgan fingerprint density at radius 1 is 1.17 bits per heavy atom. The molecule has 2 saturated heterocycles. The average Bonchev–Trinajstić information content (AvgIpc) is 2.83. The second-order valence-corrected chi connectivity index (χ2v) is 5.66. The van der Waals surface area contributed by atoms with E-state index < -0.39 is 6.04 Å². The van der Waals surface area contributed by atoms with Crippen LogP contribution in [0.4, 0.5) is 11.4 Å². The summed E-state index contributed by atoms with van der Waals surface area (Å²) in [4.78, 5) is 39.2. The Hall–Kier alpha value is -2.25. The van der Waals surface area contributed by atoms with E-state index in [9.17, 15) is 14.4 Å². The smallest absolute Gasteiger partial charge is 0.251 e. The lowest BCUT2D eigenvalue weighted by molar-refractivity contribution is -0.124. The van der Waals surface area contributed by atoms with Crippen molar-refractivity contribution in [2.75, 3.05) is 36.5 Å². The molecule has 1 aromatic carbocycles. The van der Waals surface area contributed by atoms with Crippen LogP contribution in [0.25, 0.3) is 0 Å². The molecule has 3 rings (SSSR count). The highest BCUT2D eigenvalue weighted by atomic mass is 16.5. The first-order valence-corrected chi connectivity index (χ1v) is 7.62. The van der Waals surface area contributed by atoms with Gasteiger partial charge in [-0.05, 0) is 24.3 Å². The van der Waals surface area contributed by atoms with Crippen LogP contribution in [0.2, 0.25) is 0 Å². The van der Waals surface area contributed by atoms with Crippen LogP contribution in [-0.4, -0.2) is 55.0 Å². The van der Waals surface area contributed by atoms with Crippen molar-refractivity contribution < 1.29 is 19.1 Å². The minimum Gasteiger partial charge on any atom is -0.379 e. The minimum absolute atomic E-state index is 0.168. The van der Waals surface area contributed by atoms with E-state index in [2.05, 4.69) is 5.32 Å². The molecule has 1 atom stereocenters. The molecule has 7 heteroatoms. The minimum atomic E-state index is -0.401. The van der Waals surface area contributed by atoms with Crippen LogP contribution in [0.3, 0.4) is 0 Å². The van der Waals surface area contributed by atoms with E-state index in [0.29, 0.717) is 37.7 Å². The second-order valence-electron chi connectivity index (χ2n) is 5.66. The second kappa shape index (κ2) is 6.47. The van der Waals surface area contributed by atoms with Gasteiger partial charge < -0.3 is 10.1 Å². The molecule has 0 bridgehead atoms. The Labute approximate surface area is 134 Å². The fourth-order valence-corrected chi connectivity index (χ4v) is 2.96. The molecule has 122 valence electrons. The third-order valence-electron chi connectivity index (χ3n) is 4.06. The molecule has 2 aliphatic rings. The Bertz CT molecular complexity index is 623. The van der Waals surface area contributed by atoms with E-state index in [1.54, 1.807) is 24.3 Å². The summed E-state index contributed by atoms with van der Waals surface area (Å²) in [6, 6.07) is 6.30. The number of morpholine rings is 1. The van der Waals surface area contributed by atoms with E-state index in [1.165, 1.54) is 11.8 Å². The van der Waals surface area contributed by atoms with Gasteiger partial charge in [0, 0.05) is 25.7 Å². The maximum atomic E-state index is 12.6. The molecule has 2 aliphatic heterocycles. The van der Waals surface area contributed by atoms with Crippen LogP contribution in [-0.2, 0) is 19.1 Å². The number of carbonyl (C=O) groups excluding carboxylic acids is 3. The van der Waals surface area contributed by atoms with Gasteiger partial charge >= 0.3 is 0 Å². The van der Waals surface area contributed by atoms with Gasteiger partial charge in [-0.25, -0.2) is 4.90 Å². The van der Waals surface area contributed by atoms with Crippen molar-refractivity contribution in [3.8, 4) is 0 Å². The van der Waals surface area contributed by atoms with Crippen molar-refractivity contribution in [1.29, 1.82) is 0 Å². The molecule has 1 unspecified atom stereocenters. The van der Waals surface area contributed by atoms with Crippen molar-refractivity contribution in [1.82, 2.24) is 4.90 Å². The summed E-state index contributed by atoms with van der Waals surface area (Å²) in [5.74, 6) is -0.554. The molecule has 1 N–H and O–H groups in total. The number of hydrogen-bond acceptors (Lipinski definition) is 5. The zero-order valence-corrected chi connectivity index (χ0v) is 12.9. The van der Waals surface area contributed by atoms with E-state index in [4.69, 9.17) is 4.74 Å². The van der Waals surface area contributed by atoms with Crippen molar-refractivity contribution in [2.45, 2.75) is 19.4 Å². The number of rotatable bonds is 3. The number of hydrogen-bond donors (Lipinski definition) is 1. The fourth-order valence-electron chi connectivity index (χ4n) is 2.96. The van der Waals surface area contributed by atoms with Gasteiger partial charge in [0.25, 0.3) is 5.91 Å². The number of nitrogens with zero attached hydrogens (tertiary/aromatic N) is 2. The highest BCUT2D eigenvalue weighted by Crippen LogP contribution is 2.27. The molecule has 7 nitrogen and oxygen atoms in total. The van der Waals surface area contributed by atoms with Crippen LogP contribution in [0, 0.1) is 0 Å². The number of imide groups is 1. The zero-order chi connectivity index (χ0) is 16.4. The summed E-state index contributed by atoms with van der Waals surface area (Å²) in [7, 11) is 0. The summed E-state index contributed by atoms with van der Waals surface area (Å²) in [6.45, 7) is 3.93. The maximum absolute atomic E-state index is 12.6. The van der Waals surface area contributed by atoms with E-state index >= 15 is 0 Å². The quantitative estimate of drug-likeness (QED) is 0.826. The zero-order valence-electron chi connectivity index (χ0n) is 12.9. The lowest BCUT2D eigenvalue weighted by Gasteiger charge is -2.30. The summed E-state index contributed by atoms with van der Waals surface area (Å²) in [5, 5.41) is 2.66. The molecule has 0 aromatic heterocycles. The van der Waals surface area contributed by atoms with Gasteiger partial charge in [-0.1, -0.05) is 0 Å². The first kappa shape index (κ1) is 15.6. The van der Waals surface area contributed by atoms with E-state index in [1.807, 2.05) is 4.90 Å². The molecule has 0 saturated carbocycles. The number of ether oxygens (including phenoxy) is 1. The Morgan fingerprint density at radius 2 is 1.83 bits per heavy atom. The van der Waals surface area contributed by atoms with Gasteiger partial charge in [0.1, 0.15) is 0 Å². The third-order valence-corrected chi connectivity index (χ3v) is 4.06. The normalized spacial score (nSPS) is 22.5. The average molecular weight is 317 g/mol.